The summed E-state index contributed by atoms with van der Waals surface area (Å²) >= 11 is 7.24. The van der Waals surface area contributed by atoms with Gasteiger partial charge in [-0.2, -0.15) is 0 Å². The van der Waals surface area contributed by atoms with E-state index in [1.54, 1.807) is 0 Å². The molecule has 0 amide bonds. The highest BCUT2D eigenvalue weighted by Gasteiger charge is 2.21. The smallest absolute Gasteiger partial charge is 0.167 e. The van der Waals surface area contributed by atoms with Gasteiger partial charge in [0.2, 0.25) is 0 Å². The number of carbonyl (C=O) groups is 1. The third-order valence-corrected chi connectivity index (χ3v) is 3.43. The van der Waals surface area contributed by atoms with Crippen molar-refractivity contribution in [3.8, 4) is 0 Å². The molecule has 1 saturated heterocycles. The van der Waals surface area contributed by atoms with Crippen LogP contribution < -0.4 is 5.32 Å². The summed E-state index contributed by atoms with van der Waals surface area (Å²) in [7, 11) is 0. The van der Waals surface area contributed by atoms with Crippen LogP contribution in [0.25, 0.3) is 0 Å². The van der Waals surface area contributed by atoms with Gasteiger partial charge in [-0.1, -0.05) is 11.6 Å². The third-order valence-electron chi connectivity index (χ3n) is 2.29. The molecular formula is C10H12ClNO2S. The van der Waals surface area contributed by atoms with E-state index in [4.69, 9.17) is 16.3 Å². The standard InChI is InChI=1S/C10H12ClNO2S/c11-10-4-7(6-15-10)3-8(13)9-5-12-1-2-14-9/h4,6,9,12H,1-3,5H2. The first kappa shape index (κ1) is 11.1. The molecule has 1 aromatic rings. The normalized spacial score (nSPS) is 21.5. The van der Waals surface area contributed by atoms with Gasteiger partial charge in [-0.3, -0.25) is 4.79 Å². The van der Waals surface area contributed by atoms with Crippen LogP contribution in [0, 0.1) is 0 Å². The van der Waals surface area contributed by atoms with Crippen LogP contribution in [-0.2, 0) is 16.0 Å². The second kappa shape index (κ2) is 5.07. The number of halogens is 1. The first-order chi connectivity index (χ1) is 7.25. The Bertz CT molecular complexity index is 347. The molecule has 1 atom stereocenters. The predicted octanol–water partition coefficient (Wildman–Crippen LogP) is 1.50. The maximum Gasteiger partial charge on any atom is 0.167 e. The minimum absolute atomic E-state index is 0.122. The molecule has 3 nitrogen and oxygen atoms in total. The van der Waals surface area contributed by atoms with Crippen molar-refractivity contribution < 1.29 is 9.53 Å². The lowest BCUT2D eigenvalue weighted by molar-refractivity contribution is -0.131. The number of ether oxygens (including phenoxy) is 1. The largest absolute Gasteiger partial charge is 0.368 e. The lowest BCUT2D eigenvalue weighted by atomic mass is 10.1. The molecule has 1 unspecified atom stereocenters. The van der Waals surface area contributed by atoms with Gasteiger partial charge in [0, 0.05) is 19.5 Å². The summed E-state index contributed by atoms with van der Waals surface area (Å²) in [5, 5.41) is 5.05. The molecule has 1 aromatic heterocycles. The first-order valence-electron chi connectivity index (χ1n) is 4.83. The van der Waals surface area contributed by atoms with E-state index in [2.05, 4.69) is 5.32 Å². The minimum Gasteiger partial charge on any atom is -0.368 e. The van der Waals surface area contributed by atoms with E-state index < -0.39 is 0 Å². The molecule has 1 aliphatic rings. The van der Waals surface area contributed by atoms with Crippen molar-refractivity contribution in [3.63, 3.8) is 0 Å². The van der Waals surface area contributed by atoms with Crippen molar-refractivity contribution in [2.24, 2.45) is 0 Å². The van der Waals surface area contributed by atoms with E-state index in [-0.39, 0.29) is 11.9 Å². The van der Waals surface area contributed by atoms with Gasteiger partial charge in [-0.25, -0.2) is 0 Å². The topological polar surface area (TPSA) is 38.3 Å². The highest BCUT2D eigenvalue weighted by Crippen LogP contribution is 2.20. The van der Waals surface area contributed by atoms with Crippen LogP contribution in [0.15, 0.2) is 11.4 Å². The Kier molecular flexibility index (Phi) is 3.75. The molecule has 0 radical (unpaired) electrons. The average Bonchev–Trinajstić information content (AvgIpc) is 2.65. The van der Waals surface area contributed by atoms with Crippen molar-refractivity contribution in [2.75, 3.05) is 19.7 Å². The molecule has 1 N–H and O–H groups in total. The summed E-state index contributed by atoms with van der Waals surface area (Å²) in [6.45, 7) is 2.06. The van der Waals surface area contributed by atoms with Crippen LogP contribution in [0.3, 0.4) is 0 Å². The summed E-state index contributed by atoms with van der Waals surface area (Å²) in [6.07, 6.45) is 0.118. The number of hydrogen-bond acceptors (Lipinski definition) is 4. The Morgan fingerprint density at radius 2 is 2.60 bits per heavy atom. The predicted molar refractivity (Wildman–Crippen MR) is 60.6 cm³/mol. The molecule has 15 heavy (non-hydrogen) atoms. The van der Waals surface area contributed by atoms with Gasteiger partial charge in [0.1, 0.15) is 6.10 Å². The van der Waals surface area contributed by atoms with Gasteiger partial charge >= 0.3 is 0 Å². The van der Waals surface area contributed by atoms with E-state index >= 15 is 0 Å². The minimum atomic E-state index is -0.294. The van der Waals surface area contributed by atoms with Crippen LogP contribution in [0.1, 0.15) is 5.56 Å². The molecule has 1 aliphatic heterocycles. The summed E-state index contributed by atoms with van der Waals surface area (Å²) in [6, 6.07) is 1.83. The third kappa shape index (κ3) is 3.01. The van der Waals surface area contributed by atoms with Crippen molar-refractivity contribution >= 4 is 28.7 Å². The molecular weight excluding hydrogens is 234 g/mol. The lowest BCUT2D eigenvalue weighted by Gasteiger charge is -2.22. The maximum absolute atomic E-state index is 11.8. The molecule has 2 heterocycles. The SMILES string of the molecule is O=C(Cc1csc(Cl)c1)C1CNCCO1. The highest BCUT2D eigenvalue weighted by molar-refractivity contribution is 7.14. The summed E-state index contributed by atoms with van der Waals surface area (Å²) in [5.41, 5.74) is 0.976. The van der Waals surface area contributed by atoms with Crippen LogP contribution in [0.4, 0.5) is 0 Å². The first-order valence-corrected chi connectivity index (χ1v) is 6.09. The number of ketones is 1. The van der Waals surface area contributed by atoms with Crippen molar-refractivity contribution in [1.29, 1.82) is 0 Å². The molecule has 0 bridgehead atoms. The Balaban J connectivity index is 1.91. The zero-order chi connectivity index (χ0) is 10.7. The van der Waals surface area contributed by atoms with E-state index in [0.717, 1.165) is 16.4 Å². The molecule has 0 aromatic carbocycles. The number of thiophene rings is 1. The van der Waals surface area contributed by atoms with Gasteiger partial charge in [0.05, 0.1) is 10.9 Å². The van der Waals surface area contributed by atoms with Gasteiger partial charge in [0.25, 0.3) is 0 Å². The summed E-state index contributed by atoms with van der Waals surface area (Å²) in [5.74, 6) is 0.122. The molecule has 2 rings (SSSR count). The fourth-order valence-corrected chi connectivity index (χ4v) is 2.43. The van der Waals surface area contributed by atoms with Crippen LogP contribution in [0.2, 0.25) is 4.34 Å². The molecule has 0 saturated carbocycles. The van der Waals surface area contributed by atoms with Crippen LogP contribution in [-0.4, -0.2) is 31.6 Å². The zero-order valence-electron chi connectivity index (χ0n) is 8.16. The van der Waals surface area contributed by atoms with Gasteiger partial charge in [-0.15, -0.1) is 11.3 Å². The number of carbonyl (C=O) groups excluding carboxylic acids is 1. The van der Waals surface area contributed by atoms with Crippen LogP contribution in [0.5, 0.6) is 0 Å². The van der Waals surface area contributed by atoms with Gasteiger partial charge in [0.15, 0.2) is 5.78 Å². The molecule has 0 aliphatic carbocycles. The average molecular weight is 246 g/mol. The Labute approximate surface area is 97.4 Å². The summed E-state index contributed by atoms with van der Waals surface area (Å²) in [4.78, 5) is 11.8. The summed E-state index contributed by atoms with van der Waals surface area (Å²) < 4.78 is 6.10. The Morgan fingerprint density at radius 3 is 3.20 bits per heavy atom. The van der Waals surface area contributed by atoms with Gasteiger partial charge < -0.3 is 10.1 Å². The second-order valence-electron chi connectivity index (χ2n) is 3.47. The van der Waals surface area contributed by atoms with Crippen LogP contribution >= 0.6 is 22.9 Å². The number of rotatable bonds is 3. The fourth-order valence-electron chi connectivity index (χ4n) is 1.53. The number of nitrogens with one attached hydrogen (secondary N) is 1. The quantitative estimate of drug-likeness (QED) is 0.877. The van der Waals surface area contributed by atoms with Crippen molar-refractivity contribution in [1.82, 2.24) is 5.32 Å². The number of Topliss-reactive ketones (excluding diaryl/α,β-unsaturated/α-hetero) is 1. The van der Waals surface area contributed by atoms with Crippen molar-refractivity contribution in [3.05, 3.63) is 21.3 Å². The zero-order valence-corrected chi connectivity index (χ0v) is 9.74. The lowest BCUT2D eigenvalue weighted by Crippen LogP contribution is -2.43. The molecule has 5 heteroatoms. The monoisotopic (exact) mass is 245 g/mol. The van der Waals surface area contributed by atoms with E-state index in [9.17, 15) is 4.79 Å². The molecule has 82 valence electrons. The molecule has 1 fully saturated rings. The number of hydrogen-bond donors (Lipinski definition) is 1. The fraction of sp³-hybridized carbons (Fsp3) is 0.500. The maximum atomic E-state index is 11.8. The van der Waals surface area contributed by atoms with Crippen molar-refractivity contribution in [2.45, 2.75) is 12.5 Å². The van der Waals surface area contributed by atoms with E-state index in [0.29, 0.717) is 19.6 Å². The van der Waals surface area contributed by atoms with E-state index in [1.165, 1.54) is 11.3 Å². The van der Waals surface area contributed by atoms with Gasteiger partial charge in [-0.05, 0) is 17.0 Å². The Hall–Kier alpha value is -0.420. The Morgan fingerprint density at radius 1 is 1.73 bits per heavy atom. The highest BCUT2D eigenvalue weighted by atomic mass is 35.5. The number of morpholine rings is 1. The molecule has 0 spiro atoms. The van der Waals surface area contributed by atoms with E-state index in [1.807, 2.05) is 11.4 Å². The second-order valence-corrected chi connectivity index (χ2v) is 5.01.